The first-order chi connectivity index (χ1) is 29.0. The van der Waals surface area contributed by atoms with Gasteiger partial charge in [0.2, 0.25) is 5.91 Å². The average molecular weight is 867 g/mol. The number of carbonyl (C=O) groups excluding carboxylic acids is 1. The van der Waals surface area contributed by atoms with E-state index in [0.717, 1.165) is 44.9 Å². The number of carbonyl (C=O) groups is 1. The first-order valence-electron chi connectivity index (χ1n) is 25.4. The number of nitrogens with one attached hydrogen (secondary N) is 1. The second kappa shape index (κ2) is 43.0. The number of hydrogen-bond acceptors (Lipinski definition) is 6. The van der Waals surface area contributed by atoms with Crippen LogP contribution in [0.5, 0.6) is 0 Å². The number of hydrogen-bond donors (Lipinski definition) is 2. The predicted molar refractivity (Wildman–Crippen MR) is 256 cm³/mol. The highest BCUT2D eigenvalue weighted by atomic mass is 31.2. The lowest BCUT2D eigenvalue weighted by molar-refractivity contribution is -0.870. The van der Waals surface area contributed by atoms with Crippen LogP contribution in [0.3, 0.4) is 0 Å². The monoisotopic (exact) mass is 867 g/mol. The van der Waals surface area contributed by atoms with Gasteiger partial charge in [-0.05, 0) is 44.9 Å². The largest absolute Gasteiger partial charge is 0.756 e. The molecule has 0 bridgehead atoms. The van der Waals surface area contributed by atoms with Gasteiger partial charge in [-0.15, -0.1) is 0 Å². The van der Waals surface area contributed by atoms with Crippen molar-refractivity contribution in [2.45, 2.75) is 244 Å². The van der Waals surface area contributed by atoms with Gasteiger partial charge >= 0.3 is 0 Å². The third-order valence-electron chi connectivity index (χ3n) is 11.3. The standard InChI is InChI=1S/C51H99N2O6P/c1-6-8-10-12-14-16-18-20-22-24-25-26-27-29-31-33-35-37-39-41-43-45-51(55)52-49(48-59-60(56,57)58-47-46-53(3,4)5)50(54)44-42-40-38-36-34-32-30-28-23-21-19-17-15-13-11-9-7-2/h23,28,34,36,42,44,49-50,54H,6-22,24-27,29-33,35,37-41,43,45-48H2,1-5H3,(H-,52,55,56,57)/b28-23+,36-34+,44-42+. The summed E-state index contributed by atoms with van der Waals surface area (Å²) in [6.07, 6.45) is 53.5. The van der Waals surface area contributed by atoms with Crippen LogP contribution in [0, 0.1) is 0 Å². The molecule has 0 heterocycles. The second-order valence-electron chi connectivity index (χ2n) is 18.5. The highest BCUT2D eigenvalue weighted by molar-refractivity contribution is 7.45. The maximum Gasteiger partial charge on any atom is 0.268 e. The van der Waals surface area contributed by atoms with Gasteiger partial charge in [-0.1, -0.05) is 217 Å². The summed E-state index contributed by atoms with van der Waals surface area (Å²) in [5.41, 5.74) is 0. The van der Waals surface area contributed by atoms with Crippen molar-refractivity contribution in [1.82, 2.24) is 5.32 Å². The van der Waals surface area contributed by atoms with E-state index in [9.17, 15) is 19.4 Å². The van der Waals surface area contributed by atoms with E-state index in [-0.39, 0.29) is 12.5 Å². The van der Waals surface area contributed by atoms with Crippen LogP contribution >= 0.6 is 7.82 Å². The first kappa shape index (κ1) is 58.7. The molecule has 0 aromatic carbocycles. The zero-order chi connectivity index (χ0) is 44.3. The zero-order valence-electron chi connectivity index (χ0n) is 40.2. The fourth-order valence-corrected chi connectivity index (χ4v) is 8.03. The minimum atomic E-state index is -4.60. The van der Waals surface area contributed by atoms with Crippen LogP contribution < -0.4 is 10.2 Å². The molecule has 0 radical (unpaired) electrons. The summed E-state index contributed by atoms with van der Waals surface area (Å²) in [6, 6.07) is -0.906. The number of quaternary nitrogens is 1. The normalized spacial score (nSPS) is 14.4. The maximum atomic E-state index is 12.9. The summed E-state index contributed by atoms with van der Waals surface area (Å²) < 4.78 is 23.2. The van der Waals surface area contributed by atoms with Crippen molar-refractivity contribution in [2.75, 3.05) is 40.9 Å². The van der Waals surface area contributed by atoms with Crippen molar-refractivity contribution in [3.63, 3.8) is 0 Å². The van der Waals surface area contributed by atoms with E-state index in [1.807, 2.05) is 27.2 Å². The SMILES string of the molecule is CCCCCCCCC/C=C/CC/C=C/CC/C=C/C(O)C(COP(=O)([O-])OCC[N+](C)(C)C)NC(=O)CCCCCCCCCCCCCCCCCCCCCCC. The Balaban J connectivity index is 4.34. The Labute approximate surface area is 372 Å². The van der Waals surface area contributed by atoms with Crippen LogP contribution in [0.1, 0.15) is 232 Å². The lowest BCUT2D eigenvalue weighted by Crippen LogP contribution is -2.45. The molecular weight excluding hydrogens is 768 g/mol. The summed E-state index contributed by atoms with van der Waals surface area (Å²) >= 11 is 0. The minimum absolute atomic E-state index is 0.00764. The Hall–Kier alpha value is -1.28. The molecular formula is C51H99N2O6P. The van der Waals surface area contributed by atoms with Gasteiger partial charge in [0, 0.05) is 6.42 Å². The van der Waals surface area contributed by atoms with Gasteiger partial charge in [-0.3, -0.25) is 9.36 Å². The fourth-order valence-electron chi connectivity index (χ4n) is 7.30. The number of nitrogens with zero attached hydrogens (tertiary/aromatic N) is 1. The number of allylic oxidation sites excluding steroid dienone is 5. The van der Waals surface area contributed by atoms with Crippen LogP contribution in [0.4, 0.5) is 0 Å². The third kappa shape index (κ3) is 44.8. The van der Waals surface area contributed by atoms with E-state index >= 15 is 0 Å². The first-order valence-corrected chi connectivity index (χ1v) is 26.8. The number of likely N-dealkylation sites (N-methyl/N-ethyl adjacent to an activating group) is 1. The Morgan fingerprint density at radius 1 is 0.567 bits per heavy atom. The summed E-state index contributed by atoms with van der Waals surface area (Å²) in [6.45, 7) is 4.63. The summed E-state index contributed by atoms with van der Waals surface area (Å²) in [5.74, 6) is -0.208. The molecule has 0 aliphatic rings. The molecule has 0 saturated heterocycles. The van der Waals surface area contributed by atoms with Crippen LogP contribution in [-0.4, -0.2) is 68.5 Å². The molecule has 0 spiro atoms. The van der Waals surface area contributed by atoms with Gasteiger partial charge in [0.1, 0.15) is 13.2 Å². The van der Waals surface area contributed by atoms with Gasteiger partial charge in [0.15, 0.2) is 0 Å². The molecule has 2 N–H and O–H groups in total. The molecule has 60 heavy (non-hydrogen) atoms. The molecule has 3 atom stereocenters. The Bertz CT molecular complexity index is 1070. The van der Waals surface area contributed by atoms with E-state index in [4.69, 9.17) is 9.05 Å². The topological polar surface area (TPSA) is 108 Å². The Kier molecular flexibility index (Phi) is 42.1. The highest BCUT2D eigenvalue weighted by Crippen LogP contribution is 2.38. The van der Waals surface area contributed by atoms with Crippen molar-refractivity contribution >= 4 is 13.7 Å². The minimum Gasteiger partial charge on any atom is -0.756 e. The van der Waals surface area contributed by atoms with E-state index in [2.05, 4.69) is 43.5 Å². The van der Waals surface area contributed by atoms with E-state index in [1.165, 1.54) is 167 Å². The molecule has 0 rings (SSSR count). The number of aliphatic hydroxyl groups excluding tert-OH is 1. The van der Waals surface area contributed by atoms with Crippen LogP contribution in [0.25, 0.3) is 0 Å². The molecule has 8 nitrogen and oxygen atoms in total. The van der Waals surface area contributed by atoms with Crippen molar-refractivity contribution in [3.05, 3.63) is 36.5 Å². The number of rotatable bonds is 46. The molecule has 0 fully saturated rings. The summed E-state index contributed by atoms with van der Waals surface area (Å²) in [4.78, 5) is 25.4. The zero-order valence-corrected chi connectivity index (χ0v) is 41.1. The maximum absolute atomic E-state index is 12.9. The number of amides is 1. The molecule has 1 amide bonds. The fraction of sp³-hybridized carbons (Fsp3) is 0.863. The molecule has 354 valence electrons. The molecule has 3 unspecified atom stereocenters. The molecule has 0 aliphatic heterocycles. The van der Waals surface area contributed by atoms with Gasteiger partial charge < -0.3 is 28.8 Å². The van der Waals surface area contributed by atoms with Crippen molar-refractivity contribution in [3.8, 4) is 0 Å². The highest BCUT2D eigenvalue weighted by Gasteiger charge is 2.23. The molecule has 9 heteroatoms. The smallest absolute Gasteiger partial charge is 0.268 e. The number of phosphoric acid groups is 1. The second-order valence-corrected chi connectivity index (χ2v) is 19.9. The van der Waals surface area contributed by atoms with Crippen LogP contribution in [0.15, 0.2) is 36.5 Å². The quantitative estimate of drug-likeness (QED) is 0.0273. The average Bonchev–Trinajstić information content (AvgIpc) is 3.20. The third-order valence-corrected chi connectivity index (χ3v) is 12.3. The van der Waals surface area contributed by atoms with E-state index < -0.39 is 26.6 Å². The number of unbranched alkanes of at least 4 members (excludes halogenated alkanes) is 29. The molecule has 0 aromatic rings. The molecule has 0 saturated carbocycles. The van der Waals surface area contributed by atoms with Crippen LogP contribution in [0.2, 0.25) is 0 Å². The van der Waals surface area contributed by atoms with Gasteiger partial charge in [-0.25, -0.2) is 0 Å². The molecule has 0 aromatic heterocycles. The van der Waals surface area contributed by atoms with E-state index in [1.54, 1.807) is 6.08 Å². The summed E-state index contributed by atoms with van der Waals surface area (Å²) in [7, 11) is 1.24. The van der Waals surface area contributed by atoms with Crippen molar-refractivity contribution < 1.29 is 32.9 Å². The van der Waals surface area contributed by atoms with Gasteiger partial charge in [-0.2, -0.15) is 0 Å². The predicted octanol–water partition coefficient (Wildman–Crippen LogP) is 14.0. The number of aliphatic hydroxyl groups is 1. The lowest BCUT2D eigenvalue weighted by Gasteiger charge is -2.29. The van der Waals surface area contributed by atoms with Gasteiger partial charge in [0.25, 0.3) is 7.82 Å². The van der Waals surface area contributed by atoms with Crippen LogP contribution in [-0.2, 0) is 18.4 Å². The summed E-state index contributed by atoms with van der Waals surface area (Å²) in [5, 5.41) is 13.8. The van der Waals surface area contributed by atoms with Gasteiger partial charge in [0.05, 0.1) is 39.9 Å². The van der Waals surface area contributed by atoms with E-state index in [0.29, 0.717) is 17.4 Å². The van der Waals surface area contributed by atoms with Crippen molar-refractivity contribution in [1.29, 1.82) is 0 Å². The number of phosphoric ester groups is 1. The van der Waals surface area contributed by atoms with Crippen molar-refractivity contribution in [2.24, 2.45) is 0 Å². The molecule has 0 aliphatic carbocycles. The lowest BCUT2D eigenvalue weighted by atomic mass is 10.0. The Morgan fingerprint density at radius 3 is 1.35 bits per heavy atom. The Morgan fingerprint density at radius 2 is 0.933 bits per heavy atom.